The summed E-state index contributed by atoms with van der Waals surface area (Å²) in [6.45, 7) is 6.58. The second kappa shape index (κ2) is 5.21. The molecule has 1 unspecified atom stereocenters. The lowest BCUT2D eigenvalue weighted by molar-refractivity contribution is 0.512. The number of anilines is 2. The fraction of sp³-hybridized carbons (Fsp3) is 0.429. The highest BCUT2D eigenvalue weighted by Crippen LogP contribution is 2.27. The van der Waals surface area contributed by atoms with Crippen LogP contribution in [0.3, 0.4) is 0 Å². The Morgan fingerprint density at radius 1 is 1.33 bits per heavy atom. The summed E-state index contributed by atoms with van der Waals surface area (Å²) in [5.74, 6) is 0.543. The van der Waals surface area contributed by atoms with E-state index in [4.69, 9.17) is 5.73 Å². The van der Waals surface area contributed by atoms with Gasteiger partial charge < -0.3 is 11.1 Å². The van der Waals surface area contributed by atoms with E-state index in [-0.39, 0.29) is 0 Å². The van der Waals surface area contributed by atoms with Crippen LogP contribution in [0.15, 0.2) is 24.5 Å². The van der Waals surface area contributed by atoms with Crippen LogP contribution in [0.4, 0.5) is 11.4 Å². The number of fused-ring (bicyclic) bond motifs is 1. The van der Waals surface area contributed by atoms with Gasteiger partial charge in [-0.3, -0.25) is 9.97 Å². The molecule has 0 radical (unpaired) electrons. The van der Waals surface area contributed by atoms with Gasteiger partial charge >= 0.3 is 0 Å². The van der Waals surface area contributed by atoms with Crippen molar-refractivity contribution in [3.05, 3.63) is 24.5 Å². The van der Waals surface area contributed by atoms with Crippen molar-refractivity contribution in [1.82, 2.24) is 9.97 Å². The monoisotopic (exact) mass is 244 g/mol. The summed E-state index contributed by atoms with van der Waals surface area (Å²) in [6.07, 6.45) is 4.51. The molecule has 0 aromatic carbocycles. The third kappa shape index (κ3) is 2.37. The zero-order valence-electron chi connectivity index (χ0n) is 11.1. The summed E-state index contributed by atoms with van der Waals surface area (Å²) in [5, 5.41) is 3.51. The van der Waals surface area contributed by atoms with Crippen LogP contribution in [-0.2, 0) is 0 Å². The maximum absolute atomic E-state index is 6.02. The number of nitrogen functional groups attached to an aromatic ring is 1. The van der Waals surface area contributed by atoms with Gasteiger partial charge in [0, 0.05) is 12.2 Å². The third-order valence-electron chi connectivity index (χ3n) is 3.23. The van der Waals surface area contributed by atoms with E-state index in [1.807, 2.05) is 12.1 Å². The molecular formula is C14H20N4. The number of hydrogen-bond donors (Lipinski definition) is 2. The van der Waals surface area contributed by atoms with E-state index in [9.17, 15) is 0 Å². The lowest BCUT2D eigenvalue weighted by Gasteiger charge is -2.23. The fourth-order valence-corrected chi connectivity index (χ4v) is 2.11. The molecule has 18 heavy (non-hydrogen) atoms. The lowest BCUT2D eigenvalue weighted by Crippen LogP contribution is -2.25. The van der Waals surface area contributed by atoms with Crippen LogP contribution >= 0.6 is 0 Å². The van der Waals surface area contributed by atoms with Gasteiger partial charge in [0.15, 0.2) is 0 Å². The van der Waals surface area contributed by atoms with Crippen molar-refractivity contribution in [3.8, 4) is 0 Å². The molecule has 0 saturated heterocycles. The van der Waals surface area contributed by atoms with Gasteiger partial charge in [0.05, 0.1) is 23.1 Å². The Morgan fingerprint density at radius 3 is 2.78 bits per heavy atom. The van der Waals surface area contributed by atoms with Gasteiger partial charge in [0.2, 0.25) is 0 Å². The van der Waals surface area contributed by atoms with E-state index in [0.717, 1.165) is 23.1 Å². The van der Waals surface area contributed by atoms with Crippen LogP contribution in [0.1, 0.15) is 27.2 Å². The van der Waals surface area contributed by atoms with Crippen molar-refractivity contribution in [1.29, 1.82) is 0 Å². The lowest BCUT2D eigenvalue weighted by atomic mass is 10.0. The van der Waals surface area contributed by atoms with E-state index in [1.165, 1.54) is 0 Å². The zero-order chi connectivity index (χ0) is 13.1. The molecule has 2 aromatic heterocycles. The standard InChI is InChI=1S/C14H20N4/c1-4-11(9(2)3)18-13-10(15)8-17-12-6-5-7-16-14(12)13/h5-9,11H,4,15H2,1-3H3,(H,17,18). The average molecular weight is 244 g/mol. The smallest absolute Gasteiger partial charge is 0.114 e. The first-order valence-electron chi connectivity index (χ1n) is 6.39. The molecule has 2 heterocycles. The molecule has 2 rings (SSSR count). The van der Waals surface area contributed by atoms with Gasteiger partial charge in [-0.15, -0.1) is 0 Å². The molecule has 0 saturated carbocycles. The Bertz CT molecular complexity index is 536. The maximum Gasteiger partial charge on any atom is 0.114 e. The summed E-state index contributed by atoms with van der Waals surface area (Å²) in [4.78, 5) is 8.68. The van der Waals surface area contributed by atoms with Crippen LogP contribution < -0.4 is 11.1 Å². The fourth-order valence-electron chi connectivity index (χ4n) is 2.11. The molecule has 4 heteroatoms. The van der Waals surface area contributed by atoms with Crippen LogP contribution in [-0.4, -0.2) is 16.0 Å². The van der Waals surface area contributed by atoms with E-state index >= 15 is 0 Å². The van der Waals surface area contributed by atoms with Crippen molar-refractivity contribution in [2.75, 3.05) is 11.1 Å². The molecule has 0 aliphatic carbocycles. The highest BCUT2D eigenvalue weighted by molar-refractivity contribution is 5.93. The molecule has 0 amide bonds. The summed E-state index contributed by atoms with van der Waals surface area (Å²) >= 11 is 0. The molecule has 0 fully saturated rings. The minimum Gasteiger partial charge on any atom is -0.396 e. The zero-order valence-corrected chi connectivity index (χ0v) is 11.1. The van der Waals surface area contributed by atoms with Crippen molar-refractivity contribution in [2.45, 2.75) is 33.2 Å². The molecular weight excluding hydrogens is 224 g/mol. The maximum atomic E-state index is 6.02. The molecule has 0 aliphatic rings. The summed E-state index contributed by atoms with van der Waals surface area (Å²) < 4.78 is 0. The molecule has 0 bridgehead atoms. The van der Waals surface area contributed by atoms with Crippen molar-refractivity contribution in [2.24, 2.45) is 5.92 Å². The van der Waals surface area contributed by atoms with Crippen LogP contribution in [0.25, 0.3) is 11.0 Å². The summed E-state index contributed by atoms with van der Waals surface area (Å²) in [5.41, 5.74) is 9.29. The third-order valence-corrected chi connectivity index (χ3v) is 3.23. The van der Waals surface area contributed by atoms with Crippen molar-refractivity contribution in [3.63, 3.8) is 0 Å². The predicted molar refractivity (Wildman–Crippen MR) is 76.5 cm³/mol. The Morgan fingerprint density at radius 2 is 2.11 bits per heavy atom. The summed E-state index contributed by atoms with van der Waals surface area (Å²) in [7, 11) is 0. The average Bonchev–Trinajstić information content (AvgIpc) is 2.37. The molecule has 3 N–H and O–H groups in total. The van der Waals surface area contributed by atoms with E-state index in [0.29, 0.717) is 17.6 Å². The highest BCUT2D eigenvalue weighted by atomic mass is 15.0. The number of pyridine rings is 2. The van der Waals surface area contributed by atoms with Crippen LogP contribution in [0, 0.1) is 5.92 Å². The van der Waals surface area contributed by atoms with E-state index in [1.54, 1.807) is 12.4 Å². The molecule has 2 aromatic rings. The van der Waals surface area contributed by atoms with Crippen molar-refractivity contribution < 1.29 is 0 Å². The van der Waals surface area contributed by atoms with Gasteiger partial charge in [-0.25, -0.2) is 0 Å². The molecule has 4 nitrogen and oxygen atoms in total. The Balaban J connectivity index is 2.45. The van der Waals surface area contributed by atoms with Crippen LogP contribution in [0.5, 0.6) is 0 Å². The normalized spacial score (nSPS) is 12.9. The van der Waals surface area contributed by atoms with Gasteiger partial charge in [-0.05, 0) is 24.5 Å². The van der Waals surface area contributed by atoms with E-state index < -0.39 is 0 Å². The van der Waals surface area contributed by atoms with E-state index in [2.05, 4.69) is 36.1 Å². The number of rotatable bonds is 4. The van der Waals surface area contributed by atoms with Crippen molar-refractivity contribution >= 4 is 22.4 Å². The Labute approximate surface area is 108 Å². The van der Waals surface area contributed by atoms with Crippen LogP contribution in [0.2, 0.25) is 0 Å². The molecule has 96 valence electrons. The Kier molecular flexibility index (Phi) is 3.65. The molecule has 0 spiro atoms. The highest BCUT2D eigenvalue weighted by Gasteiger charge is 2.15. The summed E-state index contributed by atoms with van der Waals surface area (Å²) in [6, 6.07) is 4.22. The number of nitrogens with two attached hydrogens (primary N) is 1. The quantitative estimate of drug-likeness (QED) is 0.867. The van der Waals surface area contributed by atoms with Gasteiger partial charge in [0.1, 0.15) is 5.52 Å². The minimum atomic E-state index is 0.389. The Hall–Kier alpha value is -1.84. The first-order chi connectivity index (χ1) is 8.63. The largest absolute Gasteiger partial charge is 0.396 e. The first kappa shape index (κ1) is 12.6. The number of aromatic nitrogens is 2. The second-order valence-electron chi connectivity index (χ2n) is 4.86. The first-order valence-corrected chi connectivity index (χ1v) is 6.39. The number of nitrogens with one attached hydrogen (secondary N) is 1. The SMILES string of the molecule is CCC(Nc1c(N)cnc2cccnc12)C(C)C. The molecule has 1 atom stereocenters. The number of nitrogens with zero attached hydrogens (tertiary/aromatic N) is 2. The topological polar surface area (TPSA) is 63.8 Å². The van der Waals surface area contributed by atoms with Gasteiger partial charge in [-0.2, -0.15) is 0 Å². The predicted octanol–water partition coefficient (Wildman–Crippen LogP) is 3.06. The molecule has 0 aliphatic heterocycles. The number of hydrogen-bond acceptors (Lipinski definition) is 4. The minimum absolute atomic E-state index is 0.389. The van der Waals surface area contributed by atoms with Gasteiger partial charge in [-0.1, -0.05) is 20.8 Å². The second-order valence-corrected chi connectivity index (χ2v) is 4.86. The van der Waals surface area contributed by atoms with Gasteiger partial charge in [0.25, 0.3) is 0 Å².